The summed E-state index contributed by atoms with van der Waals surface area (Å²) in [4.78, 5) is 13.4. The number of aliphatic imine (C=N–C) groups is 1. The minimum atomic E-state index is 0.602. The maximum absolute atomic E-state index is 9.94. The van der Waals surface area contributed by atoms with Crippen LogP contribution in [0.2, 0.25) is 0 Å². The predicted octanol–water partition coefficient (Wildman–Crippen LogP) is 1.59. The van der Waals surface area contributed by atoms with Gasteiger partial charge in [0, 0.05) is 12.5 Å². The maximum atomic E-state index is 9.94. The molecule has 1 aliphatic heterocycles. The van der Waals surface area contributed by atoms with Crippen LogP contribution in [0.3, 0.4) is 0 Å². The highest BCUT2D eigenvalue weighted by Crippen LogP contribution is 2.29. The van der Waals surface area contributed by atoms with Crippen molar-refractivity contribution in [3.8, 4) is 5.75 Å². The van der Waals surface area contributed by atoms with E-state index in [1.165, 1.54) is 11.6 Å². The fraction of sp³-hybridized carbons (Fsp3) is 0.222. The van der Waals surface area contributed by atoms with Gasteiger partial charge in [-0.15, -0.1) is 0 Å². The molecule has 3 nitrogen and oxygen atoms in total. The number of carbonyl (C=O) groups excluding carboxylic acids is 1. The molecular formula is C9H7NO2. The Morgan fingerprint density at radius 2 is 2.42 bits per heavy atom. The lowest BCUT2D eigenvalue weighted by Gasteiger charge is -1.97. The van der Waals surface area contributed by atoms with Crippen LogP contribution < -0.4 is 4.74 Å². The van der Waals surface area contributed by atoms with E-state index in [-0.39, 0.29) is 0 Å². The highest BCUT2D eigenvalue weighted by Gasteiger charge is 2.11. The Balaban J connectivity index is 2.45. The first-order chi connectivity index (χ1) is 5.90. The van der Waals surface area contributed by atoms with Crippen LogP contribution in [0.4, 0.5) is 5.69 Å². The molecule has 0 N–H and O–H groups in total. The third-order valence-electron chi connectivity index (χ3n) is 1.85. The van der Waals surface area contributed by atoms with E-state index in [1.54, 1.807) is 12.1 Å². The summed E-state index contributed by atoms with van der Waals surface area (Å²) < 4.78 is 5.30. The molecule has 60 valence electrons. The first-order valence-electron chi connectivity index (χ1n) is 3.74. The molecule has 0 aromatic heterocycles. The second-order valence-corrected chi connectivity index (χ2v) is 2.59. The van der Waals surface area contributed by atoms with E-state index in [1.807, 2.05) is 6.07 Å². The molecule has 0 atom stereocenters. The van der Waals surface area contributed by atoms with Gasteiger partial charge in [0.25, 0.3) is 0 Å². The van der Waals surface area contributed by atoms with Crippen LogP contribution >= 0.6 is 0 Å². The van der Waals surface area contributed by atoms with Gasteiger partial charge in [-0.1, -0.05) is 6.07 Å². The van der Waals surface area contributed by atoms with Gasteiger partial charge in [-0.05, 0) is 11.6 Å². The molecule has 12 heavy (non-hydrogen) atoms. The minimum Gasteiger partial charge on any atom is -0.493 e. The summed E-state index contributed by atoms with van der Waals surface area (Å²) >= 11 is 0. The third kappa shape index (κ3) is 1.11. The Morgan fingerprint density at radius 1 is 1.50 bits per heavy atom. The third-order valence-corrected chi connectivity index (χ3v) is 1.85. The number of fused-ring (bicyclic) bond motifs is 1. The lowest BCUT2D eigenvalue weighted by atomic mass is 10.1. The largest absolute Gasteiger partial charge is 0.493 e. The predicted molar refractivity (Wildman–Crippen MR) is 43.4 cm³/mol. The molecule has 0 radical (unpaired) electrons. The highest BCUT2D eigenvalue weighted by atomic mass is 16.5. The number of rotatable bonds is 1. The molecule has 1 aliphatic rings. The molecule has 0 spiro atoms. The summed E-state index contributed by atoms with van der Waals surface area (Å²) in [6, 6.07) is 5.48. The topological polar surface area (TPSA) is 38.7 Å². The molecule has 0 bridgehead atoms. The number of ether oxygens (including phenoxy) is 1. The molecular weight excluding hydrogens is 154 g/mol. The van der Waals surface area contributed by atoms with Crippen molar-refractivity contribution < 1.29 is 9.53 Å². The van der Waals surface area contributed by atoms with E-state index >= 15 is 0 Å². The van der Waals surface area contributed by atoms with Crippen molar-refractivity contribution in [2.75, 3.05) is 6.61 Å². The van der Waals surface area contributed by atoms with Crippen molar-refractivity contribution in [3.05, 3.63) is 23.8 Å². The van der Waals surface area contributed by atoms with Crippen LogP contribution in [-0.4, -0.2) is 12.7 Å². The van der Waals surface area contributed by atoms with Gasteiger partial charge in [0.05, 0.1) is 12.3 Å². The zero-order valence-corrected chi connectivity index (χ0v) is 6.41. The van der Waals surface area contributed by atoms with E-state index in [2.05, 4.69) is 4.99 Å². The van der Waals surface area contributed by atoms with Crippen LogP contribution in [0.1, 0.15) is 5.56 Å². The van der Waals surface area contributed by atoms with Crippen molar-refractivity contribution in [1.82, 2.24) is 0 Å². The Morgan fingerprint density at radius 3 is 3.25 bits per heavy atom. The fourth-order valence-corrected chi connectivity index (χ4v) is 1.28. The molecule has 3 heteroatoms. The van der Waals surface area contributed by atoms with Crippen molar-refractivity contribution >= 4 is 11.8 Å². The van der Waals surface area contributed by atoms with Crippen LogP contribution in [0.15, 0.2) is 23.2 Å². The van der Waals surface area contributed by atoms with Gasteiger partial charge in [-0.3, -0.25) is 0 Å². The molecule has 0 unspecified atom stereocenters. The maximum Gasteiger partial charge on any atom is 0.240 e. The highest BCUT2D eigenvalue weighted by molar-refractivity contribution is 5.54. The lowest BCUT2D eigenvalue weighted by Crippen LogP contribution is -1.85. The SMILES string of the molecule is O=C=Nc1ccc2c(c1)OCC2. The normalized spacial score (nSPS) is 13.0. The van der Waals surface area contributed by atoms with Gasteiger partial charge in [0.2, 0.25) is 6.08 Å². The van der Waals surface area contributed by atoms with Crippen LogP contribution in [0, 0.1) is 0 Å². The van der Waals surface area contributed by atoms with Crippen LogP contribution in [0.25, 0.3) is 0 Å². The zero-order chi connectivity index (χ0) is 8.39. The van der Waals surface area contributed by atoms with Gasteiger partial charge in [-0.2, -0.15) is 4.99 Å². The van der Waals surface area contributed by atoms with Gasteiger partial charge >= 0.3 is 0 Å². The summed E-state index contributed by atoms with van der Waals surface area (Å²) in [6.07, 6.45) is 2.44. The van der Waals surface area contributed by atoms with Crippen molar-refractivity contribution in [2.24, 2.45) is 4.99 Å². The number of hydrogen-bond donors (Lipinski definition) is 0. The molecule has 0 fully saturated rings. The van der Waals surface area contributed by atoms with Gasteiger partial charge in [0.1, 0.15) is 5.75 Å². The van der Waals surface area contributed by atoms with Gasteiger partial charge in [-0.25, -0.2) is 4.79 Å². The van der Waals surface area contributed by atoms with E-state index in [9.17, 15) is 4.79 Å². The molecule has 1 aromatic rings. The van der Waals surface area contributed by atoms with Gasteiger partial charge < -0.3 is 4.74 Å². The average Bonchev–Trinajstić information content (AvgIpc) is 2.51. The smallest absolute Gasteiger partial charge is 0.240 e. The first-order valence-corrected chi connectivity index (χ1v) is 3.74. The minimum absolute atomic E-state index is 0.602. The summed E-state index contributed by atoms with van der Waals surface area (Å²) in [5.41, 5.74) is 1.78. The molecule has 0 aliphatic carbocycles. The number of benzene rings is 1. The second kappa shape index (κ2) is 2.80. The monoisotopic (exact) mass is 161 g/mol. The summed E-state index contributed by atoms with van der Waals surface area (Å²) in [5.74, 6) is 0.839. The van der Waals surface area contributed by atoms with E-state index in [4.69, 9.17) is 4.74 Å². The molecule has 0 amide bonds. The number of isocyanates is 1. The fourth-order valence-electron chi connectivity index (χ4n) is 1.28. The van der Waals surface area contributed by atoms with E-state index in [0.29, 0.717) is 5.69 Å². The van der Waals surface area contributed by atoms with Crippen LogP contribution in [0.5, 0.6) is 5.75 Å². The van der Waals surface area contributed by atoms with Crippen molar-refractivity contribution in [2.45, 2.75) is 6.42 Å². The summed E-state index contributed by atoms with van der Waals surface area (Å²) in [6.45, 7) is 0.726. The number of nitrogens with zero attached hydrogens (tertiary/aromatic N) is 1. The summed E-state index contributed by atoms with van der Waals surface area (Å²) in [5, 5.41) is 0. The Bertz CT molecular complexity index is 354. The molecule has 1 heterocycles. The van der Waals surface area contributed by atoms with Crippen LogP contribution in [-0.2, 0) is 11.2 Å². The first kappa shape index (κ1) is 7.07. The second-order valence-electron chi connectivity index (χ2n) is 2.59. The molecule has 0 saturated carbocycles. The molecule has 0 saturated heterocycles. The lowest BCUT2D eigenvalue weighted by molar-refractivity contribution is 0.357. The zero-order valence-electron chi connectivity index (χ0n) is 6.41. The van der Waals surface area contributed by atoms with E-state index in [0.717, 1.165) is 18.8 Å². The number of hydrogen-bond acceptors (Lipinski definition) is 3. The van der Waals surface area contributed by atoms with Crippen molar-refractivity contribution in [1.29, 1.82) is 0 Å². The molecule has 2 rings (SSSR count). The van der Waals surface area contributed by atoms with E-state index < -0.39 is 0 Å². The molecule has 1 aromatic carbocycles. The Labute approximate surface area is 69.7 Å². The Hall–Kier alpha value is -1.60. The standard InChI is InChI=1S/C9H7NO2/c11-6-10-8-2-1-7-3-4-12-9(7)5-8/h1-2,5H,3-4H2. The Kier molecular flexibility index (Phi) is 1.65. The average molecular weight is 161 g/mol. The quantitative estimate of drug-likeness (QED) is 0.463. The van der Waals surface area contributed by atoms with Crippen molar-refractivity contribution in [3.63, 3.8) is 0 Å². The summed E-state index contributed by atoms with van der Waals surface area (Å²) in [7, 11) is 0. The van der Waals surface area contributed by atoms with Gasteiger partial charge in [0.15, 0.2) is 0 Å².